The van der Waals surface area contributed by atoms with Gasteiger partial charge in [0.15, 0.2) is 11.7 Å². The van der Waals surface area contributed by atoms with Crippen LogP contribution in [-0.2, 0) is 4.74 Å². The average molecular weight is 392 g/mol. The molecule has 0 aromatic carbocycles. The van der Waals surface area contributed by atoms with E-state index in [-0.39, 0.29) is 11.5 Å². The predicted octanol–water partition coefficient (Wildman–Crippen LogP) is 1.11. The van der Waals surface area contributed by atoms with Crippen LogP contribution >= 0.6 is 0 Å². The third-order valence-electron chi connectivity index (χ3n) is 5.12. The Labute approximate surface area is 167 Å². The maximum Gasteiger partial charge on any atom is 0.289 e. The Hall–Kier alpha value is -2.06. The Bertz CT molecular complexity index is 651. The third-order valence-corrected chi connectivity index (χ3v) is 5.12. The molecule has 2 aliphatic heterocycles. The minimum absolute atomic E-state index is 0.0403. The summed E-state index contributed by atoms with van der Waals surface area (Å²) in [6, 6.07) is 3.46. The van der Waals surface area contributed by atoms with E-state index >= 15 is 0 Å². The van der Waals surface area contributed by atoms with Crippen LogP contribution in [0.1, 0.15) is 31.3 Å². The number of ether oxygens (including phenoxy) is 1. The highest BCUT2D eigenvalue weighted by molar-refractivity contribution is 5.91. The summed E-state index contributed by atoms with van der Waals surface area (Å²) >= 11 is 0. The van der Waals surface area contributed by atoms with Gasteiger partial charge in [0.1, 0.15) is 0 Å². The van der Waals surface area contributed by atoms with E-state index < -0.39 is 0 Å². The van der Waals surface area contributed by atoms with Crippen molar-refractivity contribution >= 4 is 11.9 Å². The highest BCUT2D eigenvalue weighted by Crippen LogP contribution is 2.16. The molecule has 0 unspecified atom stereocenters. The van der Waals surface area contributed by atoms with Crippen LogP contribution in [0.25, 0.3) is 0 Å². The summed E-state index contributed by atoms with van der Waals surface area (Å²) in [7, 11) is 0. The number of piperazine rings is 1. The Kier molecular flexibility index (Phi) is 6.96. The van der Waals surface area contributed by atoms with Crippen molar-refractivity contribution < 1.29 is 13.9 Å². The summed E-state index contributed by atoms with van der Waals surface area (Å²) < 4.78 is 11.0. The highest BCUT2D eigenvalue weighted by Gasteiger charge is 2.27. The molecule has 8 heteroatoms. The van der Waals surface area contributed by atoms with E-state index in [4.69, 9.17) is 14.1 Å². The summed E-state index contributed by atoms with van der Waals surface area (Å²) in [5.74, 6) is 1.30. The van der Waals surface area contributed by atoms with E-state index in [1.807, 2.05) is 4.90 Å². The molecule has 0 bridgehead atoms. The van der Waals surface area contributed by atoms with Gasteiger partial charge in [0.25, 0.3) is 5.91 Å². The van der Waals surface area contributed by atoms with Crippen LogP contribution in [0.3, 0.4) is 0 Å². The summed E-state index contributed by atoms with van der Waals surface area (Å²) in [4.78, 5) is 23.7. The first-order chi connectivity index (χ1) is 13.5. The molecule has 1 N–H and O–H groups in total. The fourth-order valence-corrected chi connectivity index (χ4v) is 3.71. The lowest BCUT2D eigenvalue weighted by Gasteiger charge is -2.38. The number of guanidine groups is 1. The first-order valence-electron chi connectivity index (χ1n) is 10.2. The summed E-state index contributed by atoms with van der Waals surface area (Å²) in [6.45, 7) is 14.4. The molecule has 2 saturated heterocycles. The number of nitrogens with one attached hydrogen (secondary N) is 1. The van der Waals surface area contributed by atoms with Gasteiger partial charge in [-0.2, -0.15) is 0 Å². The van der Waals surface area contributed by atoms with E-state index in [1.165, 1.54) is 6.26 Å². The van der Waals surface area contributed by atoms with Crippen LogP contribution in [-0.4, -0.2) is 97.7 Å². The topological polar surface area (TPSA) is 73.6 Å². The van der Waals surface area contributed by atoms with Crippen LogP contribution in [0.4, 0.5) is 0 Å². The SMILES string of the molecule is CCNC(=NCCN1CCOC(C)(C)C1)N1CCN(C(=O)c2ccco2)CC1. The van der Waals surface area contributed by atoms with Gasteiger partial charge in [-0.3, -0.25) is 14.7 Å². The lowest BCUT2D eigenvalue weighted by Crippen LogP contribution is -2.54. The maximum absolute atomic E-state index is 12.4. The van der Waals surface area contributed by atoms with E-state index in [0.717, 1.165) is 58.4 Å². The molecule has 156 valence electrons. The number of morpholine rings is 1. The molecular weight excluding hydrogens is 358 g/mol. The number of nitrogens with zero attached hydrogens (tertiary/aromatic N) is 4. The molecule has 2 fully saturated rings. The van der Waals surface area contributed by atoms with Crippen molar-refractivity contribution in [3.8, 4) is 0 Å². The monoisotopic (exact) mass is 391 g/mol. The number of furan rings is 1. The van der Waals surface area contributed by atoms with Gasteiger partial charge < -0.3 is 24.3 Å². The lowest BCUT2D eigenvalue weighted by molar-refractivity contribution is -0.0850. The van der Waals surface area contributed by atoms with Gasteiger partial charge in [0.2, 0.25) is 0 Å². The normalized spacial score (nSPS) is 21.0. The molecule has 3 heterocycles. The largest absolute Gasteiger partial charge is 0.459 e. The van der Waals surface area contributed by atoms with Crippen LogP contribution in [0.15, 0.2) is 27.8 Å². The number of hydrogen-bond acceptors (Lipinski definition) is 5. The second-order valence-corrected chi connectivity index (χ2v) is 7.88. The molecule has 0 saturated carbocycles. The zero-order valence-electron chi connectivity index (χ0n) is 17.3. The molecule has 0 aliphatic carbocycles. The van der Waals surface area contributed by atoms with Gasteiger partial charge in [0.05, 0.1) is 25.0 Å². The second-order valence-electron chi connectivity index (χ2n) is 7.88. The number of aliphatic imine (C=N–C) groups is 1. The Balaban J connectivity index is 1.50. The number of carbonyl (C=O) groups excluding carboxylic acids is 1. The van der Waals surface area contributed by atoms with E-state index in [0.29, 0.717) is 18.8 Å². The lowest BCUT2D eigenvalue weighted by atomic mass is 10.1. The second kappa shape index (κ2) is 9.43. The fraction of sp³-hybridized carbons (Fsp3) is 0.700. The molecule has 8 nitrogen and oxygen atoms in total. The van der Waals surface area contributed by atoms with Gasteiger partial charge in [-0.15, -0.1) is 0 Å². The van der Waals surface area contributed by atoms with Gasteiger partial charge in [-0.1, -0.05) is 0 Å². The van der Waals surface area contributed by atoms with Crippen molar-refractivity contribution in [2.45, 2.75) is 26.4 Å². The smallest absolute Gasteiger partial charge is 0.289 e. The fourth-order valence-electron chi connectivity index (χ4n) is 3.71. The Morgan fingerprint density at radius 2 is 1.96 bits per heavy atom. The minimum Gasteiger partial charge on any atom is -0.459 e. The van der Waals surface area contributed by atoms with Gasteiger partial charge in [-0.25, -0.2) is 0 Å². The van der Waals surface area contributed by atoms with E-state index in [9.17, 15) is 4.79 Å². The van der Waals surface area contributed by atoms with E-state index in [2.05, 4.69) is 35.9 Å². The molecular formula is C20H33N5O3. The standard InChI is InChI=1S/C20H33N5O3/c1-4-21-19(22-7-8-23-13-15-28-20(2,3)16-23)25-11-9-24(10-12-25)18(26)17-6-5-14-27-17/h5-6,14H,4,7-13,15-16H2,1-3H3,(H,21,22). The number of hydrogen-bond donors (Lipinski definition) is 1. The summed E-state index contributed by atoms with van der Waals surface area (Å²) in [6.07, 6.45) is 1.54. The quantitative estimate of drug-likeness (QED) is 0.599. The Morgan fingerprint density at radius 3 is 2.61 bits per heavy atom. The summed E-state index contributed by atoms with van der Waals surface area (Å²) in [5, 5.41) is 3.39. The van der Waals surface area contributed by atoms with Crippen molar-refractivity contribution in [1.29, 1.82) is 0 Å². The van der Waals surface area contributed by atoms with Crippen molar-refractivity contribution in [3.63, 3.8) is 0 Å². The molecule has 0 spiro atoms. The van der Waals surface area contributed by atoms with Crippen molar-refractivity contribution in [3.05, 3.63) is 24.2 Å². The first-order valence-corrected chi connectivity index (χ1v) is 10.2. The minimum atomic E-state index is -0.0800. The van der Waals surface area contributed by atoms with Crippen LogP contribution in [0, 0.1) is 0 Å². The molecule has 0 radical (unpaired) electrons. The number of carbonyl (C=O) groups is 1. The molecule has 2 aliphatic rings. The van der Waals surface area contributed by atoms with E-state index in [1.54, 1.807) is 12.1 Å². The molecule has 1 aromatic heterocycles. The molecule has 3 rings (SSSR count). The van der Waals surface area contributed by atoms with Crippen LogP contribution < -0.4 is 5.32 Å². The van der Waals surface area contributed by atoms with Crippen LogP contribution in [0.2, 0.25) is 0 Å². The van der Waals surface area contributed by atoms with Crippen molar-refractivity contribution in [1.82, 2.24) is 20.0 Å². The van der Waals surface area contributed by atoms with Gasteiger partial charge in [-0.05, 0) is 32.9 Å². The highest BCUT2D eigenvalue weighted by atomic mass is 16.5. The van der Waals surface area contributed by atoms with Crippen LogP contribution in [0.5, 0.6) is 0 Å². The number of rotatable bonds is 5. The number of amides is 1. The van der Waals surface area contributed by atoms with Gasteiger partial charge in [0, 0.05) is 52.4 Å². The van der Waals surface area contributed by atoms with Crippen molar-refractivity contribution in [2.24, 2.45) is 4.99 Å². The molecule has 1 amide bonds. The maximum atomic E-state index is 12.4. The molecule has 28 heavy (non-hydrogen) atoms. The first kappa shape index (κ1) is 20.7. The Morgan fingerprint density at radius 1 is 1.21 bits per heavy atom. The zero-order chi connectivity index (χ0) is 20.0. The zero-order valence-corrected chi connectivity index (χ0v) is 17.3. The average Bonchev–Trinajstić information content (AvgIpc) is 3.21. The molecule has 1 aromatic rings. The summed E-state index contributed by atoms with van der Waals surface area (Å²) in [5.41, 5.74) is -0.0800. The third kappa shape index (κ3) is 5.48. The van der Waals surface area contributed by atoms with Gasteiger partial charge >= 0.3 is 0 Å². The molecule has 0 atom stereocenters. The predicted molar refractivity (Wildman–Crippen MR) is 109 cm³/mol. The van der Waals surface area contributed by atoms with Crippen molar-refractivity contribution in [2.75, 3.05) is 65.5 Å².